The van der Waals surface area contributed by atoms with Gasteiger partial charge < -0.3 is 19.1 Å². The van der Waals surface area contributed by atoms with Crippen molar-refractivity contribution in [2.45, 2.75) is 65.2 Å². The van der Waals surface area contributed by atoms with Gasteiger partial charge in [-0.05, 0) is 58.1 Å². The number of carbonyl (C=O) groups is 2. The molecule has 1 aromatic carbocycles. The van der Waals surface area contributed by atoms with Crippen molar-refractivity contribution in [3.05, 3.63) is 23.9 Å². The van der Waals surface area contributed by atoms with E-state index in [1.807, 2.05) is 20.8 Å². The predicted octanol–water partition coefficient (Wildman–Crippen LogP) is 4.89. The third kappa shape index (κ3) is 6.88. The predicted molar refractivity (Wildman–Crippen MR) is 122 cm³/mol. The van der Waals surface area contributed by atoms with Gasteiger partial charge in [0.1, 0.15) is 11.4 Å². The van der Waals surface area contributed by atoms with Gasteiger partial charge in [0.25, 0.3) is 0 Å². The molecule has 1 aliphatic rings. The van der Waals surface area contributed by atoms with Crippen molar-refractivity contribution in [2.75, 3.05) is 26.8 Å². The summed E-state index contributed by atoms with van der Waals surface area (Å²) < 4.78 is 43.2. The molecule has 1 fully saturated rings. The molecule has 1 aliphatic heterocycles. The third-order valence-corrected chi connectivity index (χ3v) is 5.66. The molecule has 1 amide bonds. The fourth-order valence-electron chi connectivity index (χ4n) is 4.05. The Hall–Kier alpha value is -2.75. The van der Waals surface area contributed by atoms with Crippen molar-refractivity contribution in [1.82, 2.24) is 14.7 Å². The Bertz CT molecular complexity index is 994. The van der Waals surface area contributed by atoms with Gasteiger partial charge in [-0.15, -0.1) is 0 Å². The highest BCUT2D eigenvalue weighted by Crippen LogP contribution is 2.32. The Kier molecular flexibility index (Phi) is 8.46. The van der Waals surface area contributed by atoms with Gasteiger partial charge >= 0.3 is 12.7 Å². The molecule has 0 unspecified atom stereocenters. The topological polar surface area (TPSA) is 82.9 Å². The average Bonchev–Trinajstić information content (AvgIpc) is 3.16. The molecule has 2 heterocycles. The van der Waals surface area contributed by atoms with Crippen LogP contribution < -0.4 is 4.74 Å². The summed E-state index contributed by atoms with van der Waals surface area (Å²) in [5.41, 5.74) is 0.0647. The van der Waals surface area contributed by atoms with Crippen LogP contribution in [0.25, 0.3) is 10.9 Å². The summed E-state index contributed by atoms with van der Waals surface area (Å²) in [4.78, 5) is 26.6. The van der Waals surface area contributed by atoms with Crippen LogP contribution in [-0.2, 0) is 16.0 Å². The second-order valence-corrected chi connectivity index (χ2v) is 9.53. The number of ketones is 1. The van der Waals surface area contributed by atoms with Crippen LogP contribution in [0.15, 0.2) is 18.3 Å². The van der Waals surface area contributed by atoms with E-state index in [9.17, 15) is 18.4 Å². The number of halogens is 2. The van der Waals surface area contributed by atoms with E-state index in [0.717, 1.165) is 12.8 Å². The highest BCUT2D eigenvalue weighted by molar-refractivity contribution is 6.04. The highest BCUT2D eigenvalue weighted by atomic mass is 19.3. The molecule has 10 heteroatoms. The van der Waals surface area contributed by atoms with Crippen LogP contribution in [0.3, 0.4) is 0 Å². The third-order valence-electron chi connectivity index (χ3n) is 5.66. The molecule has 0 bridgehead atoms. The smallest absolute Gasteiger partial charge is 0.410 e. The van der Waals surface area contributed by atoms with Crippen molar-refractivity contribution < 1.29 is 32.6 Å². The fourth-order valence-corrected chi connectivity index (χ4v) is 4.05. The number of hydrogen-bond donors (Lipinski definition) is 0. The summed E-state index contributed by atoms with van der Waals surface area (Å²) in [5.74, 6) is -0.152. The summed E-state index contributed by atoms with van der Waals surface area (Å²) in [6, 6.07) is 3.14. The van der Waals surface area contributed by atoms with Crippen LogP contribution in [0, 0.1) is 5.92 Å². The number of amides is 1. The van der Waals surface area contributed by atoms with Crippen molar-refractivity contribution in [3.63, 3.8) is 0 Å². The Morgan fingerprint density at radius 1 is 1.21 bits per heavy atom. The number of alkyl halides is 2. The van der Waals surface area contributed by atoms with Crippen LogP contribution in [0.2, 0.25) is 0 Å². The number of Topliss-reactive ketones (excluding diaryl/α,β-unsaturated/α-hetero) is 1. The number of methoxy groups -OCH3 is 1. The minimum absolute atomic E-state index is 0.120. The van der Waals surface area contributed by atoms with Crippen molar-refractivity contribution in [2.24, 2.45) is 5.92 Å². The van der Waals surface area contributed by atoms with Gasteiger partial charge in [-0.2, -0.15) is 13.9 Å². The second kappa shape index (κ2) is 11.1. The largest absolute Gasteiger partial charge is 0.444 e. The molecule has 1 saturated heterocycles. The number of fused-ring (bicyclic) bond motifs is 1. The van der Waals surface area contributed by atoms with Crippen molar-refractivity contribution in [1.29, 1.82) is 0 Å². The van der Waals surface area contributed by atoms with Gasteiger partial charge in [0, 0.05) is 46.0 Å². The lowest BCUT2D eigenvalue weighted by Crippen LogP contribution is -2.42. The highest BCUT2D eigenvalue weighted by Gasteiger charge is 2.27. The zero-order valence-corrected chi connectivity index (χ0v) is 20.2. The lowest BCUT2D eigenvalue weighted by Gasteiger charge is -2.33. The summed E-state index contributed by atoms with van der Waals surface area (Å²) in [6.45, 7) is 4.60. The molecule has 0 atom stereocenters. The first kappa shape index (κ1) is 25.9. The van der Waals surface area contributed by atoms with E-state index in [1.165, 1.54) is 13.2 Å². The molecule has 3 rings (SSSR count). The van der Waals surface area contributed by atoms with Gasteiger partial charge in [0.2, 0.25) is 0 Å². The zero-order valence-electron chi connectivity index (χ0n) is 20.2. The Morgan fingerprint density at radius 2 is 1.91 bits per heavy atom. The summed E-state index contributed by atoms with van der Waals surface area (Å²) in [5, 5.41) is 4.89. The van der Waals surface area contributed by atoms with Crippen LogP contribution in [0.1, 0.15) is 56.8 Å². The van der Waals surface area contributed by atoms with E-state index in [1.54, 1.807) is 21.8 Å². The number of carbonyl (C=O) groups excluding carboxylic acids is 2. The number of benzene rings is 1. The first-order valence-corrected chi connectivity index (χ1v) is 11.5. The molecule has 0 radical (unpaired) electrons. The number of rotatable bonds is 9. The lowest BCUT2D eigenvalue weighted by atomic mass is 9.97. The molecule has 2 aromatic rings. The summed E-state index contributed by atoms with van der Waals surface area (Å²) in [6.07, 6.45) is 3.55. The number of ether oxygens (including phenoxy) is 3. The number of aromatic nitrogens is 2. The maximum Gasteiger partial charge on any atom is 0.410 e. The monoisotopic (exact) mass is 481 g/mol. The molecule has 0 saturated carbocycles. The molecule has 34 heavy (non-hydrogen) atoms. The SMILES string of the molecule is COCCCC(=O)c1ccc2nn(CC3CCN(C(=O)OC(C)(C)C)CC3)cc2c1OC(F)F. The van der Waals surface area contributed by atoms with Crippen LogP contribution in [0.5, 0.6) is 5.75 Å². The maximum atomic E-state index is 13.2. The van der Waals surface area contributed by atoms with E-state index in [4.69, 9.17) is 14.2 Å². The number of likely N-dealkylation sites (tertiary alicyclic amines) is 1. The summed E-state index contributed by atoms with van der Waals surface area (Å²) >= 11 is 0. The zero-order chi connectivity index (χ0) is 24.9. The standard InChI is InChI=1S/C24H33F2N3O5/c1-24(2,3)34-23(31)28-11-9-16(10-12-28)14-29-15-18-19(27-29)8-7-17(21(18)33-22(25)26)20(30)6-5-13-32-4/h7-8,15-16,22H,5-6,9-14H2,1-4H3. The maximum absolute atomic E-state index is 13.2. The minimum atomic E-state index is -3.06. The van der Waals surface area contributed by atoms with Gasteiger partial charge in [-0.25, -0.2) is 4.79 Å². The lowest BCUT2D eigenvalue weighted by molar-refractivity contribution is -0.0491. The van der Waals surface area contributed by atoms with Gasteiger partial charge in [-0.3, -0.25) is 9.48 Å². The first-order valence-electron chi connectivity index (χ1n) is 11.5. The van der Waals surface area contributed by atoms with Crippen molar-refractivity contribution in [3.8, 4) is 5.75 Å². The fraction of sp³-hybridized carbons (Fsp3) is 0.625. The quantitative estimate of drug-likeness (QED) is 0.375. The number of nitrogens with zero attached hydrogens (tertiary/aromatic N) is 3. The molecule has 188 valence electrons. The Labute approximate surface area is 198 Å². The van der Waals surface area contributed by atoms with Crippen LogP contribution in [0.4, 0.5) is 13.6 Å². The molecular weight excluding hydrogens is 448 g/mol. The molecule has 0 aliphatic carbocycles. The van der Waals surface area contributed by atoms with E-state index in [2.05, 4.69) is 5.10 Å². The van der Waals surface area contributed by atoms with E-state index < -0.39 is 12.2 Å². The Morgan fingerprint density at radius 3 is 2.53 bits per heavy atom. The van der Waals surface area contributed by atoms with Crippen LogP contribution >= 0.6 is 0 Å². The van der Waals surface area contributed by atoms with E-state index in [-0.39, 0.29) is 35.5 Å². The Balaban J connectivity index is 1.71. The van der Waals surface area contributed by atoms with Crippen molar-refractivity contribution >= 4 is 22.8 Å². The van der Waals surface area contributed by atoms with E-state index >= 15 is 0 Å². The first-order chi connectivity index (χ1) is 16.1. The van der Waals surface area contributed by atoms with Gasteiger partial charge in [0.15, 0.2) is 5.78 Å². The normalized spacial score (nSPS) is 15.2. The molecule has 0 N–H and O–H groups in total. The molecule has 8 nitrogen and oxygen atoms in total. The minimum Gasteiger partial charge on any atom is -0.444 e. The molecule has 0 spiro atoms. The molecule has 1 aromatic heterocycles. The number of hydrogen-bond acceptors (Lipinski definition) is 6. The van der Waals surface area contributed by atoms with Gasteiger partial charge in [-0.1, -0.05) is 0 Å². The second-order valence-electron chi connectivity index (χ2n) is 9.53. The number of piperidine rings is 1. The molecular formula is C24H33F2N3O5. The van der Waals surface area contributed by atoms with E-state index in [0.29, 0.717) is 43.6 Å². The van der Waals surface area contributed by atoms with Gasteiger partial charge in [0.05, 0.1) is 16.5 Å². The average molecular weight is 482 g/mol. The summed E-state index contributed by atoms with van der Waals surface area (Å²) in [7, 11) is 1.54. The van der Waals surface area contributed by atoms with Crippen LogP contribution in [-0.4, -0.2) is 65.6 Å².